The summed E-state index contributed by atoms with van der Waals surface area (Å²) in [6.45, 7) is 3.82. The molecule has 0 unspecified atom stereocenters. The Bertz CT molecular complexity index is 699. The number of rotatable bonds is 3. The second kappa shape index (κ2) is 5.98. The van der Waals surface area contributed by atoms with Crippen LogP contribution in [0.15, 0.2) is 41.5 Å². The number of hydrogen-bond donors (Lipinski definition) is 0. The summed E-state index contributed by atoms with van der Waals surface area (Å²) >= 11 is 0. The first-order valence-electron chi connectivity index (χ1n) is 6.21. The number of nitrogens with zero attached hydrogens (tertiary/aromatic N) is 3. The van der Waals surface area contributed by atoms with Gasteiger partial charge in [0.15, 0.2) is 0 Å². The average molecular weight is 265 g/mol. The van der Waals surface area contributed by atoms with Gasteiger partial charge < -0.3 is 4.74 Å². The highest BCUT2D eigenvalue weighted by Gasteiger charge is 2.07. The lowest BCUT2D eigenvalue weighted by Crippen LogP contribution is -2.01. The first kappa shape index (κ1) is 13.8. The fourth-order valence-electron chi connectivity index (χ4n) is 1.90. The molecule has 0 aliphatic heterocycles. The van der Waals surface area contributed by atoms with Crippen LogP contribution in [-0.4, -0.2) is 17.8 Å². The van der Waals surface area contributed by atoms with Gasteiger partial charge in [0.05, 0.1) is 24.1 Å². The van der Waals surface area contributed by atoms with Crippen LogP contribution in [0.2, 0.25) is 0 Å². The summed E-state index contributed by atoms with van der Waals surface area (Å²) in [7, 11) is 1.63. The number of aliphatic imine (C=N–C) groups is 1. The molecule has 2 aromatic rings. The number of aromatic nitrogens is 1. The predicted octanol–water partition coefficient (Wildman–Crippen LogP) is 3.41. The van der Waals surface area contributed by atoms with Crippen molar-refractivity contribution in [2.45, 2.75) is 13.8 Å². The van der Waals surface area contributed by atoms with E-state index in [2.05, 4.69) is 16.0 Å². The molecule has 0 saturated carbocycles. The first-order valence-corrected chi connectivity index (χ1v) is 6.21. The highest BCUT2D eigenvalue weighted by atomic mass is 16.5. The van der Waals surface area contributed by atoms with Crippen LogP contribution in [0.4, 0.5) is 5.69 Å². The number of aryl methyl sites for hydroxylation is 1. The molecule has 0 bridgehead atoms. The number of nitriles is 1. The molecular formula is C16H15N3O. The Labute approximate surface area is 118 Å². The Morgan fingerprint density at radius 1 is 1.35 bits per heavy atom. The van der Waals surface area contributed by atoms with Crippen LogP contribution < -0.4 is 4.74 Å². The van der Waals surface area contributed by atoms with Crippen molar-refractivity contribution in [2.24, 2.45) is 4.99 Å². The first-order chi connectivity index (χ1) is 9.65. The number of methoxy groups -OCH3 is 1. The lowest BCUT2D eigenvalue weighted by Gasteiger charge is -2.06. The van der Waals surface area contributed by atoms with E-state index < -0.39 is 0 Å². The van der Waals surface area contributed by atoms with E-state index in [4.69, 9.17) is 10.00 Å². The maximum Gasteiger partial charge on any atom is 0.119 e. The molecule has 0 N–H and O–H groups in total. The number of pyridine rings is 1. The van der Waals surface area contributed by atoms with Gasteiger partial charge in [-0.25, -0.2) is 0 Å². The van der Waals surface area contributed by atoms with Crippen molar-refractivity contribution in [3.63, 3.8) is 0 Å². The minimum absolute atomic E-state index is 0.528. The molecule has 1 aromatic carbocycles. The number of benzene rings is 1. The van der Waals surface area contributed by atoms with Gasteiger partial charge in [0.25, 0.3) is 0 Å². The van der Waals surface area contributed by atoms with E-state index in [1.807, 2.05) is 32.0 Å². The lowest BCUT2D eigenvalue weighted by atomic mass is 10.1. The van der Waals surface area contributed by atoms with Crippen molar-refractivity contribution < 1.29 is 4.74 Å². The van der Waals surface area contributed by atoms with Crippen LogP contribution >= 0.6 is 0 Å². The summed E-state index contributed by atoms with van der Waals surface area (Å²) in [6, 6.07) is 11.3. The molecule has 0 fully saturated rings. The van der Waals surface area contributed by atoms with Crippen LogP contribution in [0.1, 0.15) is 23.7 Å². The average Bonchev–Trinajstić information content (AvgIpc) is 2.49. The van der Waals surface area contributed by atoms with Crippen LogP contribution in [0.25, 0.3) is 0 Å². The highest BCUT2D eigenvalue weighted by molar-refractivity contribution is 6.00. The standard InChI is InChI=1S/C16H15N3O/c1-11-9-14(20-3)6-7-15(11)19-12(2)16-13(10-17)5-4-8-18-16/h4-9H,1-3H3/b19-12+. The molecule has 0 aliphatic rings. The van der Waals surface area contributed by atoms with Gasteiger partial charge in [-0.1, -0.05) is 0 Å². The Morgan fingerprint density at radius 2 is 2.15 bits per heavy atom. The second-order valence-corrected chi connectivity index (χ2v) is 4.36. The second-order valence-electron chi connectivity index (χ2n) is 4.36. The van der Waals surface area contributed by atoms with E-state index in [0.717, 1.165) is 22.7 Å². The molecule has 1 heterocycles. The topological polar surface area (TPSA) is 58.3 Å². The van der Waals surface area contributed by atoms with Crippen LogP contribution in [-0.2, 0) is 0 Å². The van der Waals surface area contributed by atoms with Gasteiger partial charge in [0.1, 0.15) is 17.5 Å². The zero-order chi connectivity index (χ0) is 14.5. The van der Waals surface area contributed by atoms with E-state index in [0.29, 0.717) is 11.3 Å². The fourth-order valence-corrected chi connectivity index (χ4v) is 1.90. The summed E-state index contributed by atoms with van der Waals surface area (Å²) in [5, 5.41) is 9.09. The minimum atomic E-state index is 0.528. The number of hydrogen-bond acceptors (Lipinski definition) is 4. The van der Waals surface area contributed by atoms with Crippen molar-refractivity contribution in [1.82, 2.24) is 4.98 Å². The molecule has 0 aliphatic carbocycles. The minimum Gasteiger partial charge on any atom is -0.497 e. The summed E-state index contributed by atoms with van der Waals surface area (Å²) in [5.41, 5.74) is 3.72. The molecule has 0 saturated heterocycles. The van der Waals surface area contributed by atoms with Crippen LogP contribution in [0, 0.1) is 18.3 Å². The Morgan fingerprint density at radius 3 is 2.80 bits per heavy atom. The quantitative estimate of drug-likeness (QED) is 0.799. The van der Waals surface area contributed by atoms with Crippen LogP contribution in [0.5, 0.6) is 5.75 Å². The zero-order valence-corrected chi connectivity index (χ0v) is 11.7. The summed E-state index contributed by atoms with van der Waals surface area (Å²) in [5.74, 6) is 0.801. The molecule has 0 spiro atoms. The van der Waals surface area contributed by atoms with Crippen LogP contribution in [0.3, 0.4) is 0 Å². The summed E-state index contributed by atoms with van der Waals surface area (Å²) < 4.78 is 5.17. The molecular weight excluding hydrogens is 250 g/mol. The van der Waals surface area contributed by atoms with Crippen molar-refractivity contribution in [3.05, 3.63) is 53.3 Å². The van der Waals surface area contributed by atoms with Gasteiger partial charge in [0, 0.05) is 6.20 Å². The van der Waals surface area contributed by atoms with Gasteiger partial charge in [-0.15, -0.1) is 0 Å². The van der Waals surface area contributed by atoms with Gasteiger partial charge in [-0.05, 0) is 49.7 Å². The lowest BCUT2D eigenvalue weighted by molar-refractivity contribution is 0.414. The third-order valence-corrected chi connectivity index (χ3v) is 2.96. The van der Waals surface area contributed by atoms with Gasteiger partial charge in [-0.3, -0.25) is 9.98 Å². The van der Waals surface area contributed by atoms with E-state index in [1.165, 1.54) is 0 Å². The smallest absolute Gasteiger partial charge is 0.119 e. The van der Waals surface area contributed by atoms with Gasteiger partial charge >= 0.3 is 0 Å². The van der Waals surface area contributed by atoms with Crippen molar-refractivity contribution >= 4 is 11.4 Å². The molecule has 100 valence electrons. The third kappa shape index (κ3) is 2.83. The monoisotopic (exact) mass is 265 g/mol. The van der Waals surface area contributed by atoms with Gasteiger partial charge in [0.2, 0.25) is 0 Å². The van der Waals surface area contributed by atoms with Gasteiger partial charge in [-0.2, -0.15) is 5.26 Å². The van der Waals surface area contributed by atoms with E-state index >= 15 is 0 Å². The molecule has 20 heavy (non-hydrogen) atoms. The SMILES string of the molecule is COc1ccc(/N=C(\C)c2ncccc2C#N)c(C)c1. The van der Waals surface area contributed by atoms with Crippen molar-refractivity contribution in [1.29, 1.82) is 5.26 Å². The fraction of sp³-hybridized carbons (Fsp3) is 0.188. The molecule has 2 rings (SSSR count). The van der Waals surface area contributed by atoms with E-state index in [1.54, 1.807) is 25.4 Å². The summed E-state index contributed by atoms with van der Waals surface area (Å²) in [4.78, 5) is 8.79. The summed E-state index contributed by atoms with van der Waals surface area (Å²) in [6.07, 6.45) is 1.66. The highest BCUT2D eigenvalue weighted by Crippen LogP contribution is 2.24. The molecule has 1 aromatic heterocycles. The maximum absolute atomic E-state index is 9.09. The normalized spacial score (nSPS) is 11.0. The zero-order valence-electron chi connectivity index (χ0n) is 11.7. The van der Waals surface area contributed by atoms with E-state index in [-0.39, 0.29) is 0 Å². The molecule has 4 nitrogen and oxygen atoms in total. The molecule has 0 amide bonds. The molecule has 0 atom stereocenters. The largest absolute Gasteiger partial charge is 0.497 e. The predicted molar refractivity (Wildman–Crippen MR) is 78.6 cm³/mol. The van der Waals surface area contributed by atoms with E-state index in [9.17, 15) is 0 Å². The number of ether oxygens (including phenoxy) is 1. The maximum atomic E-state index is 9.09. The molecule has 4 heteroatoms. The van der Waals surface area contributed by atoms with Crippen molar-refractivity contribution in [3.8, 4) is 11.8 Å². The molecule has 0 radical (unpaired) electrons. The Balaban J connectivity index is 2.43. The van der Waals surface area contributed by atoms with Crippen molar-refractivity contribution in [2.75, 3.05) is 7.11 Å². The Kier molecular flexibility index (Phi) is 4.11. The third-order valence-electron chi connectivity index (χ3n) is 2.96. The Hall–Kier alpha value is -2.67.